The molecule has 2 aliphatic heterocycles. The lowest BCUT2D eigenvalue weighted by Gasteiger charge is -2.40. The van der Waals surface area contributed by atoms with E-state index in [4.69, 9.17) is 4.74 Å². The molecule has 2 fully saturated rings. The van der Waals surface area contributed by atoms with Gasteiger partial charge in [-0.25, -0.2) is 9.97 Å². The summed E-state index contributed by atoms with van der Waals surface area (Å²) < 4.78 is 5.73. The van der Waals surface area contributed by atoms with Crippen molar-refractivity contribution in [1.82, 2.24) is 24.8 Å². The molecule has 2 aromatic rings. The van der Waals surface area contributed by atoms with Crippen LogP contribution in [0.5, 0.6) is 0 Å². The van der Waals surface area contributed by atoms with Gasteiger partial charge in [-0.2, -0.15) is 0 Å². The molecule has 0 spiro atoms. The molecule has 0 aliphatic carbocycles. The minimum Gasteiger partial charge on any atom is -0.381 e. The molecule has 0 saturated carbocycles. The molecule has 4 heterocycles. The number of pyridine rings is 1. The summed E-state index contributed by atoms with van der Waals surface area (Å²) in [5, 5.41) is 0. The number of piperidine rings is 1. The van der Waals surface area contributed by atoms with Crippen molar-refractivity contribution in [2.75, 3.05) is 26.7 Å². The molecule has 136 valence electrons. The van der Waals surface area contributed by atoms with E-state index >= 15 is 0 Å². The lowest BCUT2D eigenvalue weighted by atomic mass is 9.89. The van der Waals surface area contributed by atoms with Gasteiger partial charge in [0.2, 0.25) is 5.82 Å². The molecule has 26 heavy (non-hydrogen) atoms. The molecule has 1 amide bonds. The Morgan fingerprint density at radius 3 is 2.69 bits per heavy atom. The van der Waals surface area contributed by atoms with Gasteiger partial charge < -0.3 is 9.64 Å². The number of carbonyl (C=O) groups is 1. The lowest BCUT2D eigenvalue weighted by Crippen LogP contribution is -2.53. The number of aromatic nitrogens is 3. The minimum absolute atomic E-state index is 0.0825. The zero-order chi connectivity index (χ0) is 17.9. The number of ether oxygens (including phenoxy) is 1. The van der Waals surface area contributed by atoms with Crippen LogP contribution in [0.25, 0.3) is 0 Å². The Bertz CT molecular complexity index is 742. The Labute approximate surface area is 153 Å². The van der Waals surface area contributed by atoms with Gasteiger partial charge in [-0.15, -0.1) is 0 Å². The van der Waals surface area contributed by atoms with Crippen molar-refractivity contribution in [2.45, 2.75) is 25.1 Å². The highest BCUT2D eigenvalue weighted by Crippen LogP contribution is 2.33. The maximum Gasteiger partial charge on any atom is 0.291 e. The fourth-order valence-corrected chi connectivity index (χ4v) is 4.19. The van der Waals surface area contributed by atoms with Crippen LogP contribution in [0.3, 0.4) is 0 Å². The molecule has 7 nitrogen and oxygen atoms in total. The Balaban J connectivity index is 1.53. The van der Waals surface area contributed by atoms with Crippen LogP contribution in [-0.2, 0) is 11.3 Å². The number of methoxy groups -OCH3 is 1. The van der Waals surface area contributed by atoms with Gasteiger partial charge in [0.15, 0.2) is 0 Å². The lowest BCUT2D eigenvalue weighted by molar-refractivity contribution is -0.0160. The zero-order valence-corrected chi connectivity index (χ0v) is 14.9. The monoisotopic (exact) mass is 353 g/mol. The highest BCUT2D eigenvalue weighted by Gasteiger charge is 2.46. The molecule has 0 unspecified atom stereocenters. The van der Waals surface area contributed by atoms with E-state index in [1.54, 1.807) is 25.6 Å². The smallest absolute Gasteiger partial charge is 0.291 e. The maximum absolute atomic E-state index is 12.9. The summed E-state index contributed by atoms with van der Waals surface area (Å²) in [4.78, 5) is 29.6. The molecule has 0 N–H and O–H groups in total. The number of hydrogen-bond donors (Lipinski definition) is 0. The highest BCUT2D eigenvalue weighted by atomic mass is 16.5. The predicted molar refractivity (Wildman–Crippen MR) is 95.3 cm³/mol. The summed E-state index contributed by atoms with van der Waals surface area (Å²) in [6.45, 7) is 3.30. The number of likely N-dealkylation sites (tertiary alicyclic amines) is 2. The summed E-state index contributed by atoms with van der Waals surface area (Å²) >= 11 is 0. The summed E-state index contributed by atoms with van der Waals surface area (Å²) in [6, 6.07) is 5.93. The quantitative estimate of drug-likeness (QED) is 0.823. The van der Waals surface area contributed by atoms with E-state index in [1.807, 2.05) is 29.4 Å². The number of rotatable bonds is 4. The maximum atomic E-state index is 12.9. The molecular weight excluding hydrogens is 330 g/mol. The Hall–Kier alpha value is -2.38. The van der Waals surface area contributed by atoms with Crippen LogP contribution in [0, 0.1) is 5.92 Å². The highest BCUT2D eigenvalue weighted by molar-refractivity contribution is 5.90. The van der Waals surface area contributed by atoms with Gasteiger partial charge in [0, 0.05) is 64.0 Å². The molecule has 7 heteroatoms. The first-order chi connectivity index (χ1) is 12.8. The minimum atomic E-state index is -0.0825. The summed E-state index contributed by atoms with van der Waals surface area (Å²) in [5.41, 5.74) is 1.23. The summed E-state index contributed by atoms with van der Waals surface area (Å²) in [7, 11) is 1.77. The van der Waals surface area contributed by atoms with Crippen molar-refractivity contribution in [3.05, 3.63) is 54.4 Å². The zero-order valence-electron chi connectivity index (χ0n) is 14.9. The molecule has 0 bridgehead atoms. The number of nitrogens with zero attached hydrogens (tertiary/aromatic N) is 5. The molecule has 2 saturated heterocycles. The number of amides is 1. The van der Waals surface area contributed by atoms with E-state index in [0.29, 0.717) is 12.5 Å². The molecule has 3 atom stereocenters. The fourth-order valence-electron chi connectivity index (χ4n) is 4.19. The van der Waals surface area contributed by atoms with Crippen LogP contribution in [0.2, 0.25) is 0 Å². The average molecular weight is 353 g/mol. The van der Waals surface area contributed by atoms with Gasteiger partial charge >= 0.3 is 0 Å². The van der Waals surface area contributed by atoms with Crippen molar-refractivity contribution < 1.29 is 9.53 Å². The van der Waals surface area contributed by atoms with Gasteiger partial charge in [0.1, 0.15) is 0 Å². The fraction of sp³-hybridized carbons (Fsp3) is 0.474. The Morgan fingerprint density at radius 1 is 1.19 bits per heavy atom. The van der Waals surface area contributed by atoms with Crippen LogP contribution in [0.15, 0.2) is 43.0 Å². The van der Waals surface area contributed by atoms with Crippen LogP contribution < -0.4 is 0 Å². The summed E-state index contributed by atoms with van der Waals surface area (Å²) in [5.74, 6) is 0.499. The second-order valence-corrected chi connectivity index (χ2v) is 6.91. The first-order valence-electron chi connectivity index (χ1n) is 8.98. The first-order valence-corrected chi connectivity index (χ1v) is 8.98. The molecule has 2 aromatic heterocycles. The van der Waals surface area contributed by atoms with Gasteiger partial charge in [-0.05, 0) is 30.2 Å². The van der Waals surface area contributed by atoms with Crippen molar-refractivity contribution in [1.29, 1.82) is 0 Å². The van der Waals surface area contributed by atoms with Crippen molar-refractivity contribution in [3.63, 3.8) is 0 Å². The van der Waals surface area contributed by atoms with Crippen molar-refractivity contribution in [3.8, 4) is 0 Å². The second-order valence-electron chi connectivity index (χ2n) is 6.91. The van der Waals surface area contributed by atoms with Gasteiger partial charge in [-0.3, -0.25) is 14.7 Å². The standard InChI is InChI=1S/C19H23N5O2/c1-26-17-5-10-24(19(25)18-21-6-2-7-22-18)16-13-23(12-15(16)17)11-14-3-8-20-9-4-14/h2-4,6-9,15-17H,5,10-13H2,1H3/t15-,16+,17-/m0/s1. The van der Waals surface area contributed by atoms with E-state index in [9.17, 15) is 4.79 Å². The topological polar surface area (TPSA) is 71.5 Å². The number of hydrogen-bond acceptors (Lipinski definition) is 6. The van der Waals surface area contributed by atoms with Gasteiger partial charge in [-0.1, -0.05) is 0 Å². The van der Waals surface area contributed by atoms with E-state index in [2.05, 4.69) is 19.9 Å². The third-order valence-corrected chi connectivity index (χ3v) is 5.42. The van der Waals surface area contributed by atoms with Gasteiger partial charge in [0.05, 0.1) is 12.1 Å². The van der Waals surface area contributed by atoms with Gasteiger partial charge in [0.25, 0.3) is 5.91 Å². The van der Waals surface area contributed by atoms with E-state index in [0.717, 1.165) is 26.1 Å². The number of fused-ring (bicyclic) bond motifs is 1. The second kappa shape index (κ2) is 7.47. The number of carbonyl (C=O) groups excluding carboxylic acids is 1. The predicted octanol–water partition coefficient (Wildman–Crippen LogP) is 1.23. The molecule has 4 rings (SSSR count). The molecule has 0 aromatic carbocycles. The van der Waals surface area contributed by atoms with E-state index < -0.39 is 0 Å². The van der Waals surface area contributed by atoms with E-state index in [-0.39, 0.29) is 23.9 Å². The van der Waals surface area contributed by atoms with Crippen LogP contribution >= 0.6 is 0 Å². The third-order valence-electron chi connectivity index (χ3n) is 5.42. The normalized spacial score (nSPS) is 25.9. The Morgan fingerprint density at radius 2 is 1.96 bits per heavy atom. The largest absolute Gasteiger partial charge is 0.381 e. The average Bonchev–Trinajstić information content (AvgIpc) is 3.11. The molecule has 2 aliphatic rings. The Kier molecular flexibility index (Phi) is 4.90. The molecular formula is C19H23N5O2. The SMILES string of the molecule is CO[C@H]1CCN(C(=O)c2ncccn2)[C@@H]2CN(Cc3ccncc3)C[C@H]12. The van der Waals surface area contributed by atoms with Crippen LogP contribution in [0.4, 0.5) is 0 Å². The molecule has 0 radical (unpaired) electrons. The van der Waals surface area contributed by atoms with Crippen LogP contribution in [0.1, 0.15) is 22.6 Å². The van der Waals surface area contributed by atoms with Crippen LogP contribution in [-0.4, -0.2) is 69.5 Å². The summed E-state index contributed by atoms with van der Waals surface area (Å²) in [6.07, 6.45) is 7.90. The van der Waals surface area contributed by atoms with Crippen molar-refractivity contribution in [2.24, 2.45) is 5.92 Å². The van der Waals surface area contributed by atoms with E-state index in [1.165, 1.54) is 5.56 Å². The third kappa shape index (κ3) is 3.32. The van der Waals surface area contributed by atoms with Crippen molar-refractivity contribution >= 4 is 5.91 Å². The first kappa shape index (κ1) is 17.1.